The monoisotopic (exact) mass is 1570 g/mol. The zero-order valence-corrected chi connectivity index (χ0v) is 73.3. The van der Waals surface area contributed by atoms with Gasteiger partial charge in [-0.3, -0.25) is 0 Å². The van der Waals surface area contributed by atoms with Crippen LogP contribution in [0.25, 0.3) is 0 Å². The quantitative estimate of drug-likeness (QED) is 0.0250. The van der Waals surface area contributed by atoms with Crippen molar-refractivity contribution in [3.8, 4) is 0 Å². The predicted octanol–water partition coefficient (Wildman–Crippen LogP) is 26.2. The number of unbranched alkanes of at least 4 members (excludes halogenated alkanes) is 1. The van der Waals surface area contributed by atoms with Gasteiger partial charge in [-0.15, -0.1) is 0 Å². The van der Waals surface area contributed by atoms with Crippen molar-refractivity contribution in [1.29, 1.82) is 0 Å². The van der Waals surface area contributed by atoms with E-state index in [1.165, 1.54) is 155 Å². The zero-order valence-electron chi connectivity index (χ0n) is 60.5. The molecule has 0 N–H and O–H groups in total. The van der Waals surface area contributed by atoms with Gasteiger partial charge in [-0.05, 0) is 309 Å². The van der Waals surface area contributed by atoms with Crippen molar-refractivity contribution in [3.05, 3.63) is 32.4 Å². The molecule has 0 aromatic rings. The summed E-state index contributed by atoms with van der Waals surface area (Å²) in [6.45, 7) is 41.4. The summed E-state index contributed by atoms with van der Waals surface area (Å²) in [5.41, 5.74) is 2.78. The summed E-state index contributed by atoms with van der Waals surface area (Å²) in [6.07, 6.45) is 37.1. The van der Waals surface area contributed by atoms with Crippen molar-refractivity contribution in [2.24, 2.45) is 59.2 Å². The highest BCUT2D eigenvalue weighted by Crippen LogP contribution is 2.71. The van der Waals surface area contributed by atoms with E-state index in [1.807, 2.05) is 124 Å². The van der Waals surface area contributed by atoms with Gasteiger partial charge in [0.15, 0.2) is 0 Å². The van der Waals surface area contributed by atoms with E-state index in [0.29, 0.717) is 95.0 Å². The maximum Gasteiger partial charge on any atom is 0.519 e. The first-order valence-electron chi connectivity index (χ1n) is 36.8. The number of hydrogen-bond acceptors (Lipinski definition) is 21. The van der Waals surface area contributed by atoms with Crippen LogP contribution >= 0.6 is 124 Å². The van der Waals surface area contributed by atoms with E-state index in [0.717, 1.165) is 49.4 Å². The van der Waals surface area contributed by atoms with Crippen molar-refractivity contribution in [3.63, 3.8) is 0 Å². The fourth-order valence-electron chi connectivity index (χ4n) is 16.6. The fraction of sp³-hybridized carbons (Fsp3) is 0.913. The normalized spacial score (nSPS) is 27.4. The van der Waals surface area contributed by atoms with Crippen LogP contribution in [0, 0.1) is 59.2 Å². The van der Waals surface area contributed by atoms with Gasteiger partial charge in [0.2, 0.25) is 0 Å². The topological polar surface area (TPSA) is 83.1 Å². The molecule has 12 unspecified atom stereocenters. The Balaban J connectivity index is 1.24. The second-order valence-corrected chi connectivity index (χ2v) is 56.1. The van der Waals surface area contributed by atoms with Crippen molar-refractivity contribution < 1.29 is 39.8 Å². The molecule has 6 fully saturated rings. The molecule has 0 aromatic carbocycles. The van der Waals surface area contributed by atoms with Gasteiger partial charge >= 0.3 is 26.4 Å². The molecule has 0 heterocycles. The molecule has 0 amide bonds. The zero-order chi connectivity index (χ0) is 67.4. The highest BCUT2D eigenvalue weighted by molar-refractivity contribution is 9.30. The summed E-state index contributed by atoms with van der Waals surface area (Å²) in [5, 5.41) is 0. The lowest BCUT2D eigenvalue weighted by molar-refractivity contribution is 0.0494. The third-order valence-corrected chi connectivity index (χ3v) is 57.6. The minimum absolute atomic E-state index is 0.164. The Labute approximate surface area is 619 Å². The van der Waals surface area contributed by atoms with Gasteiger partial charge in [-0.2, -0.15) is 0 Å². The highest BCUT2D eigenvalue weighted by atomic mass is 33.7. The minimum Gasteiger partial charge on any atom is -0.373 e. The van der Waals surface area contributed by atoms with Crippen LogP contribution in [0.2, 0.25) is 0 Å². The Kier molecular flexibility index (Phi) is 41.1. The molecular weight excluding hydrogens is 1440 g/mol. The molecule has 93 heavy (non-hydrogen) atoms. The van der Waals surface area contributed by atoms with Crippen LogP contribution in [0.3, 0.4) is 0 Å². The third kappa shape index (κ3) is 23.6. The number of allylic oxidation sites excluding steroid dienone is 4. The second-order valence-electron chi connectivity index (χ2n) is 28.1. The van der Waals surface area contributed by atoms with Crippen molar-refractivity contribution in [2.45, 2.75) is 284 Å². The van der Waals surface area contributed by atoms with Crippen LogP contribution in [0.15, 0.2) is 32.4 Å². The Hall–Kier alpha value is 3.71. The summed E-state index contributed by atoms with van der Waals surface area (Å²) in [7, 11) is 14.2. The van der Waals surface area contributed by atoms with Crippen molar-refractivity contribution >= 4 is 150 Å². The summed E-state index contributed by atoms with van der Waals surface area (Å²) >= 11 is 0. The van der Waals surface area contributed by atoms with Gasteiger partial charge in [0.1, 0.15) is 13.1 Å². The van der Waals surface area contributed by atoms with E-state index in [9.17, 15) is 0 Å². The van der Waals surface area contributed by atoms with Crippen LogP contribution in [0.5, 0.6) is 0 Å². The molecule has 6 bridgehead atoms. The molecule has 0 spiro atoms. The molecule has 0 aromatic heterocycles. The van der Waals surface area contributed by atoms with E-state index in [2.05, 4.69) is 123 Å². The molecular formula is C69H128O9S12Si3. The summed E-state index contributed by atoms with van der Waals surface area (Å²) in [4.78, 5) is 1.31. The van der Waals surface area contributed by atoms with Crippen LogP contribution in [-0.2, 0) is 39.8 Å². The highest BCUT2D eigenvalue weighted by Gasteiger charge is 2.72. The van der Waals surface area contributed by atoms with Crippen LogP contribution < -0.4 is 0 Å². The van der Waals surface area contributed by atoms with E-state index >= 15 is 0 Å². The molecule has 542 valence electrons. The molecule has 6 aliphatic rings. The number of hydrogen-bond donors (Lipinski definition) is 0. The van der Waals surface area contributed by atoms with Gasteiger partial charge in [0.05, 0.1) is 4.24 Å². The molecule has 0 radical (unpaired) electrons. The molecule has 6 rings (SSSR count). The Morgan fingerprint density at radius 2 is 0.699 bits per heavy atom. The lowest BCUT2D eigenvalue weighted by Crippen LogP contribution is -2.65. The van der Waals surface area contributed by atoms with E-state index in [1.54, 1.807) is 0 Å². The lowest BCUT2D eigenvalue weighted by Gasteiger charge is -2.46. The SMILES string of the molecule is CCO[Si](OCC)(OCC)C1(SSSSC(=CC=C(C)CCCC(C)CCCCC(C)CCCC(C)CCCC(C)C)C(C)=C(SSSSC2([Si](OCC)(OCC)OCC)CC3CCC2C3)SSSSC2([Si](OCC)(OCC)OCC)CC3CCC2C3)CC2CCC1C2. The molecule has 0 saturated heterocycles. The third-order valence-electron chi connectivity index (χ3n) is 20.9. The van der Waals surface area contributed by atoms with Crippen LogP contribution in [0.1, 0.15) is 271 Å². The Morgan fingerprint density at radius 1 is 0.387 bits per heavy atom. The van der Waals surface area contributed by atoms with Gasteiger partial charge in [-0.1, -0.05) is 169 Å². The van der Waals surface area contributed by atoms with E-state index in [-0.39, 0.29) is 13.1 Å². The second kappa shape index (κ2) is 44.6. The largest absolute Gasteiger partial charge is 0.519 e. The fourth-order valence-corrected chi connectivity index (χ4v) is 57.8. The Morgan fingerprint density at radius 3 is 1.00 bits per heavy atom. The van der Waals surface area contributed by atoms with E-state index < -0.39 is 26.4 Å². The average Bonchev–Trinajstić information content (AvgIpc) is 1.63. The maximum absolute atomic E-state index is 6.85. The van der Waals surface area contributed by atoms with Crippen LogP contribution in [0.4, 0.5) is 0 Å². The van der Waals surface area contributed by atoms with Crippen molar-refractivity contribution in [2.75, 3.05) is 59.5 Å². The van der Waals surface area contributed by atoms with Gasteiger partial charge < -0.3 is 39.8 Å². The van der Waals surface area contributed by atoms with Crippen LogP contribution in [-0.4, -0.2) is 99.0 Å². The number of rotatable bonds is 55. The standard InChI is InChI=1S/C69H128O9S12Si3/c1-17-70-91(71-18-2,72-19-3)67(50-59-40-43-62(67)47-59)82-88-85-79-65(46-39-57(15)38-30-36-55(13)33-27-26-32-54(12)35-29-37-56(14)34-28-31-53(10)11)58(16)66(80-86-89-83-68(51-60-41-44-63(68)48-60)92(73-20-4,74-21-5)75-22-6)81-87-90-84-69(52-61-42-45-64(69)49-61)93(76-23-7,77-24-8)78-25-9/h39,46,53-56,59-64H,17-38,40-45,47-52H2,1-16H3. The summed E-state index contributed by atoms with van der Waals surface area (Å²) in [6, 6.07) is 0. The van der Waals surface area contributed by atoms with Gasteiger partial charge in [0.25, 0.3) is 0 Å². The van der Waals surface area contributed by atoms with E-state index in [4.69, 9.17) is 39.8 Å². The van der Waals surface area contributed by atoms with Gasteiger partial charge in [0, 0.05) is 64.4 Å². The molecule has 0 aliphatic heterocycles. The van der Waals surface area contributed by atoms with Gasteiger partial charge in [-0.25, -0.2) is 0 Å². The smallest absolute Gasteiger partial charge is 0.373 e. The summed E-state index contributed by atoms with van der Waals surface area (Å²) < 4.78 is 62.5. The van der Waals surface area contributed by atoms with Crippen molar-refractivity contribution in [1.82, 2.24) is 0 Å². The first-order chi connectivity index (χ1) is 44.9. The molecule has 6 saturated carbocycles. The average molecular weight is 1570 g/mol. The lowest BCUT2D eigenvalue weighted by atomic mass is 9.91. The minimum atomic E-state index is -3.08. The number of fused-ring (bicyclic) bond motifs is 6. The molecule has 12 atom stereocenters. The molecule has 24 heteroatoms. The Bertz CT molecular complexity index is 2100. The predicted molar refractivity (Wildman–Crippen MR) is 434 cm³/mol. The summed E-state index contributed by atoms with van der Waals surface area (Å²) in [5.74, 6) is 7.05. The molecule has 9 nitrogen and oxygen atoms in total. The first kappa shape index (κ1) is 85.6. The molecule has 6 aliphatic carbocycles. The first-order valence-corrected chi connectivity index (χ1v) is 56.5. The maximum atomic E-state index is 6.85.